The lowest BCUT2D eigenvalue weighted by Gasteiger charge is -2.15. The van der Waals surface area contributed by atoms with Crippen LogP contribution < -0.4 is 9.46 Å². The molecule has 0 bridgehead atoms. The highest BCUT2D eigenvalue weighted by Crippen LogP contribution is 2.30. The fourth-order valence-corrected chi connectivity index (χ4v) is 3.85. The third kappa shape index (κ3) is 3.71. The first kappa shape index (κ1) is 17.0. The number of Topliss-reactive ketones (excluding diaryl/α,β-unsaturated/α-hetero) is 1. The van der Waals surface area contributed by atoms with Gasteiger partial charge in [-0.25, -0.2) is 8.42 Å². The van der Waals surface area contributed by atoms with Gasteiger partial charge in [0.25, 0.3) is 10.0 Å². The Kier molecular flexibility index (Phi) is 4.75. The van der Waals surface area contributed by atoms with Crippen LogP contribution in [0.25, 0.3) is 0 Å². The van der Waals surface area contributed by atoms with Gasteiger partial charge in [-0.1, -0.05) is 18.2 Å². The highest BCUT2D eigenvalue weighted by molar-refractivity contribution is 7.92. The number of hydrogen-bond acceptors (Lipinski definition) is 4. The van der Waals surface area contributed by atoms with Gasteiger partial charge in [0.2, 0.25) is 0 Å². The summed E-state index contributed by atoms with van der Waals surface area (Å²) >= 11 is 0. The number of ketones is 1. The Morgan fingerprint density at radius 1 is 1.13 bits per heavy atom. The van der Waals surface area contributed by atoms with Crippen LogP contribution >= 0.6 is 0 Å². The molecular formula is C17H19NO4S. The summed E-state index contributed by atoms with van der Waals surface area (Å²) in [4.78, 5) is 11.5. The number of anilines is 1. The third-order valence-corrected chi connectivity index (χ3v) is 4.96. The van der Waals surface area contributed by atoms with Crippen LogP contribution in [0.2, 0.25) is 0 Å². The number of ether oxygens (including phenoxy) is 1. The minimum atomic E-state index is -3.83. The zero-order chi connectivity index (χ0) is 17.2. The summed E-state index contributed by atoms with van der Waals surface area (Å²) in [6, 6.07) is 9.83. The van der Waals surface area contributed by atoms with E-state index in [0.717, 1.165) is 5.56 Å². The second kappa shape index (κ2) is 6.42. The van der Waals surface area contributed by atoms with Gasteiger partial charge in [0.1, 0.15) is 10.6 Å². The van der Waals surface area contributed by atoms with Crippen LogP contribution in [0, 0.1) is 13.8 Å². The molecule has 0 heterocycles. The molecule has 0 radical (unpaired) electrons. The number of hydrogen-bond donors (Lipinski definition) is 1. The van der Waals surface area contributed by atoms with Gasteiger partial charge < -0.3 is 4.74 Å². The second-order valence-corrected chi connectivity index (χ2v) is 6.97. The van der Waals surface area contributed by atoms with Crippen molar-refractivity contribution in [3.8, 4) is 5.75 Å². The fraction of sp³-hybridized carbons (Fsp3) is 0.235. The molecule has 0 aliphatic carbocycles. The fourth-order valence-electron chi connectivity index (χ4n) is 2.42. The summed E-state index contributed by atoms with van der Waals surface area (Å²) in [5.74, 6) is 0.160. The molecule has 2 aromatic carbocycles. The largest absolute Gasteiger partial charge is 0.495 e. The molecule has 5 nitrogen and oxygen atoms in total. The van der Waals surface area contributed by atoms with Gasteiger partial charge in [-0.3, -0.25) is 9.52 Å². The van der Waals surface area contributed by atoms with Gasteiger partial charge in [0.15, 0.2) is 5.78 Å². The van der Waals surface area contributed by atoms with Crippen molar-refractivity contribution in [1.82, 2.24) is 0 Å². The van der Waals surface area contributed by atoms with E-state index in [2.05, 4.69) is 4.72 Å². The summed E-state index contributed by atoms with van der Waals surface area (Å²) in [6.07, 6.45) is 0. The van der Waals surface area contributed by atoms with E-state index in [1.165, 1.54) is 20.1 Å². The van der Waals surface area contributed by atoms with Gasteiger partial charge >= 0.3 is 0 Å². The van der Waals surface area contributed by atoms with Crippen LogP contribution in [0.15, 0.2) is 41.3 Å². The lowest BCUT2D eigenvalue weighted by molar-refractivity contribution is 0.101. The van der Waals surface area contributed by atoms with Crippen molar-refractivity contribution in [3.05, 3.63) is 53.1 Å². The van der Waals surface area contributed by atoms with Crippen LogP contribution in [-0.4, -0.2) is 21.3 Å². The molecule has 0 unspecified atom stereocenters. The molecule has 2 aromatic rings. The lowest BCUT2D eigenvalue weighted by Crippen LogP contribution is -2.16. The first-order valence-corrected chi connectivity index (χ1v) is 8.52. The van der Waals surface area contributed by atoms with E-state index in [0.29, 0.717) is 16.8 Å². The van der Waals surface area contributed by atoms with E-state index in [4.69, 9.17) is 4.74 Å². The lowest BCUT2D eigenvalue weighted by atomic mass is 10.1. The van der Waals surface area contributed by atoms with Crippen LogP contribution in [0.1, 0.15) is 28.4 Å². The van der Waals surface area contributed by atoms with Gasteiger partial charge in [-0.05, 0) is 50.1 Å². The number of aryl methyl sites for hydroxylation is 2. The van der Waals surface area contributed by atoms with Crippen molar-refractivity contribution >= 4 is 21.5 Å². The Labute approximate surface area is 136 Å². The summed E-state index contributed by atoms with van der Waals surface area (Å²) in [5, 5.41) is 0. The molecule has 122 valence electrons. The maximum Gasteiger partial charge on any atom is 0.265 e. The zero-order valence-electron chi connectivity index (χ0n) is 13.5. The molecule has 0 amide bonds. The molecule has 0 spiro atoms. The number of carbonyl (C=O) groups excluding carboxylic acids is 1. The van der Waals surface area contributed by atoms with Crippen molar-refractivity contribution < 1.29 is 17.9 Å². The first-order chi connectivity index (χ1) is 10.7. The van der Waals surface area contributed by atoms with Crippen molar-refractivity contribution in [2.75, 3.05) is 11.8 Å². The van der Waals surface area contributed by atoms with Crippen molar-refractivity contribution in [2.24, 2.45) is 0 Å². The predicted octanol–water partition coefficient (Wildman–Crippen LogP) is 3.32. The van der Waals surface area contributed by atoms with E-state index < -0.39 is 10.0 Å². The SMILES string of the molecule is COc1cc(C)cc(C)c1S(=O)(=O)Nc1cccc(C(C)=O)c1. The maximum absolute atomic E-state index is 12.7. The summed E-state index contributed by atoms with van der Waals surface area (Å²) in [6.45, 7) is 5.02. The van der Waals surface area contributed by atoms with Gasteiger partial charge in [0.05, 0.1) is 7.11 Å². The number of benzene rings is 2. The van der Waals surface area contributed by atoms with Crippen LogP contribution in [0.3, 0.4) is 0 Å². The Morgan fingerprint density at radius 3 is 2.43 bits per heavy atom. The predicted molar refractivity (Wildman–Crippen MR) is 89.7 cm³/mol. The zero-order valence-corrected chi connectivity index (χ0v) is 14.3. The smallest absolute Gasteiger partial charge is 0.265 e. The first-order valence-electron chi connectivity index (χ1n) is 7.03. The van der Waals surface area contributed by atoms with Crippen molar-refractivity contribution in [1.29, 1.82) is 0 Å². The second-order valence-electron chi connectivity index (χ2n) is 5.36. The molecule has 2 rings (SSSR count). The number of carbonyl (C=O) groups is 1. The number of methoxy groups -OCH3 is 1. The normalized spacial score (nSPS) is 11.1. The summed E-state index contributed by atoms with van der Waals surface area (Å²) in [5.41, 5.74) is 2.28. The molecule has 0 aromatic heterocycles. The Bertz CT molecular complexity index is 857. The van der Waals surface area contributed by atoms with Crippen LogP contribution in [0.4, 0.5) is 5.69 Å². The Hall–Kier alpha value is -2.34. The van der Waals surface area contributed by atoms with E-state index in [1.54, 1.807) is 37.3 Å². The van der Waals surface area contributed by atoms with E-state index in [-0.39, 0.29) is 16.4 Å². The van der Waals surface area contributed by atoms with Gasteiger partial charge in [0, 0.05) is 11.3 Å². The quantitative estimate of drug-likeness (QED) is 0.852. The molecule has 0 aliphatic rings. The van der Waals surface area contributed by atoms with Crippen molar-refractivity contribution in [2.45, 2.75) is 25.7 Å². The van der Waals surface area contributed by atoms with Crippen LogP contribution in [-0.2, 0) is 10.0 Å². The molecule has 0 fully saturated rings. The molecule has 1 N–H and O–H groups in total. The summed E-state index contributed by atoms with van der Waals surface area (Å²) in [7, 11) is -2.40. The molecule has 0 saturated heterocycles. The molecule has 0 atom stereocenters. The topological polar surface area (TPSA) is 72.5 Å². The van der Waals surface area contributed by atoms with E-state index in [9.17, 15) is 13.2 Å². The average Bonchev–Trinajstić information content (AvgIpc) is 2.45. The Balaban J connectivity index is 2.48. The Morgan fingerprint density at radius 2 is 1.83 bits per heavy atom. The molecule has 0 saturated carbocycles. The number of sulfonamides is 1. The molecule has 6 heteroatoms. The number of rotatable bonds is 5. The van der Waals surface area contributed by atoms with Gasteiger partial charge in [-0.15, -0.1) is 0 Å². The molecular weight excluding hydrogens is 314 g/mol. The highest BCUT2D eigenvalue weighted by Gasteiger charge is 2.23. The van der Waals surface area contributed by atoms with Crippen molar-refractivity contribution in [3.63, 3.8) is 0 Å². The average molecular weight is 333 g/mol. The maximum atomic E-state index is 12.7. The number of nitrogens with one attached hydrogen (secondary N) is 1. The van der Waals surface area contributed by atoms with E-state index in [1.807, 2.05) is 6.92 Å². The monoisotopic (exact) mass is 333 g/mol. The van der Waals surface area contributed by atoms with Crippen LogP contribution in [0.5, 0.6) is 5.75 Å². The third-order valence-electron chi connectivity index (χ3n) is 3.39. The molecule has 23 heavy (non-hydrogen) atoms. The summed E-state index contributed by atoms with van der Waals surface area (Å²) < 4.78 is 33.2. The van der Waals surface area contributed by atoms with E-state index >= 15 is 0 Å². The van der Waals surface area contributed by atoms with Gasteiger partial charge in [-0.2, -0.15) is 0 Å². The molecule has 0 aliphatic heterocycles. The highest BCUT2D eigenvalue weighted by atomic mass is 32.2. The minimum Gasteiger partial charge on any atom is -0.495 e. The standard InChI is InChI=1S/C17H19NO4S/c1-11-8-12(2)17(16(9-11)22-4)23(20,21)18-15-7-5-6-14(10-15)13(3)19/h5-10,18H,1-4H3. The minimum absolute atomic E-state index is 0.0961.